The van der Waals surface area contributed by atoms with Crippen molar-refractivity contribution in [1.82, 2.24) is 0 Å². The van der Waals surface area contributed by atoms with Crippen LogP contribution in [0.15, 0.2) is 84.0 Å². The minimum Gasteiger partial charge on any atom is -0.257 e. The van der Waals surface area contributed by atoms with Crippen LogP contribution >= 0.6 is 0 Å². The van der Waals surface area contributed by atoms with Crippen molar-refractivity contribution in [3.63, 3.8) is 0 Å². The summed E-state index contributed by atoms with van der Waals surface area (Å²) in [5.74, 6) is 0. The van der Waals surface area contributed by atoms with Crippen molar-refractivity contribution in [2.75, 3.05) is 0 Å². The maximum atomic E-state index is 4.45. The molecule has 0 saturated heterocycles. The monoisotopic (exact) mass is 261 g/mol. The van der Waals surface area contributed by atoms with Crippen LogP contribution in [0.5, 0.6) is 0 Å². The number of rotatable bonds is 4. The Kier molecular flexibility index (Phi) is 5.08. The van der Waals surface area contributed by atoms with Crippen molar-refractivity contribution in [2.24, 2.45) is 4.99 Å². The van der Waals surface area contributed by atoms with E-state index in [1.165, 1.54) is 11.1 Å². The first-order chi connectivity index (χ1) is 9.85. The maximum Gasteiger partial charge on any atom is 0.0698 e. The molecule has 0 radical (unpaired) electrons. The lowest BCUT2D eigenvalue weighted by atomic mass is 10.0. The molecule has 1 nitrogen and oxygen atoms in total. The topological polar surface area (TPSA) is 12.4 Å². The van der Waals surface area contributed by atoms with Gasteiger partial charge in [-0.1, -0.05) is 66.7 Å². The smallest absolute Gasteiger partial charge is 0.0698 e. The average molecular weight is 261 g/mol. The fourth-order valence-corrected chi connectivity index (χ4v) is 1.99. The number of aliphatic imine (C=N–C) groups is 1. The van der Waals surface area contributed by atoms with Gasteiger partial charge in [0.25, 0.3) is 0 Å². The van der Waals surface area contributed by atoms with Gasteiger partial charge in [-0.3, -0.25) is 4.99 Å². The van der Waals surface area contributed by atoms with Gasteiger partial charge < -0.3 is 0 Å². The van der Waals surface area contributed by atoms with Gasteiger partial charge in [-0.25, -0.2) is 0 Å². The van der Waals surface area contributed by atoms with Gasteiger partial charge in [-0.2, -0.15) is 0 Å². The Balaban J connectivity index is 2.31. The number of hydrogen-bond donors (Lipinski definition) is 0. The lowest BCUT2D eigenvalue weighted by Gasteiger charge is -2.04. The molecular weight excluding hydrogens is 242 g/mol. The predicted molar refractivity (Wildman–Crippen MR) is 88.0 cm³/mol. The highest BCUT2D eigenvalue weighted by atomic mass is 14.7. The molecule has 2 aromatic rings. The molecule has 100 valence electrons. The van der Waals surface area contributed by atoms with Gasteiger partial charge in [-0.15, -0.1) is 0 Å². The summed E-state index contributed by atoms with van der Waals surface area (Å²) in [7, 11) is 0. The highest BCUT2D eigenvalue weighted by Gasteiger charge is 2.00. The van der Waals surface area contributed by atoms with E-state index in [2.05, 4.69) is 53.5 Å². The van der Waals surface area contributed by atoms with Gasteiger partial charge in [0.15, 0.2) is 0 Å². The standard InChI is InChI=1S/C19H19N/c1-3-8-19(20-15-4-2)18-13-11-17(12-14-18)16-9-6-5-7-10-16/h3-15H,1-2H3/b8-3-,15-4-,20-19+. The Hall–Kier alpha value is -2.41. The average Bonchev–Trinajstić information content (AvgIpc) is 2.52. The summed E-state index contributed by atoms with van der Waals surface area (Å²) in [6.07, 6.45) is 7.78. The highest BCUT2D eigenvalue weighted by molar-refractivity contribution is 6.09. The van der Waals surface area contributed by atoms with E-state index in [4.69, 9.17) is 0 Å². The summed E-state index contributed by atoms with van der Waals surface area (Å²) >= 11 is 0. The van der Waals surface area contributed by atoms with Gasteiger partial charge in [0.2, 0.25) is 0 Å². The molecule has 0 N–H and O–H groups in total. The lowest BCUT2D eigenvalue weighted by Crippen LogP contribution is -1.95. The first-order valence-corrected chi connectivity index (χ1v) is 6.82. The van der Waals surface area contributed by atoms with Crippen molar-refractivity contribution in [1.29, 1.82) is 0 Å². The van der Waals surface area contributed by atoms with Crippen LogP contribution in [0, 0.1) is 0 Å². The SMILES string of the molecule is C\C=C/N=C(\C=C/C)c1ccc(-c2ccccc2)cc1. The lowest BCUT2D eigenvalue weighted by molar-refractivity contribution is 1.50. The van der Waals surface area contributed by atoms with Crippen LogP contribution < -0.4 is 0 Å². The Labute approximate surface area is 121 Å². The molecule has 0 bridgehead atoms. The summed E-state index contributed by atoms with van der Waals surface area (Å²) in [6, 6.07) is 18.9. The second-order valence-electron chi connectivity index (χ2n) is 4.44. The molecule has 2 aromatic carbocycles. The first kappa shape index (κ1) is 14.0. The molecule has 0 unspecified atom stereocenters. The summed E-state index contributed by atoms with van der Waals surface area (Å²) in [4.78, 5) is 4.45. The number of nitrogens with zero attached hydrogens (tertiary/aromatic N) is 1. The second kappa shape index (κ2) is 7.25. The van der Waals surface area contributed by atoms with E-state index in [0.29, 0.717) is 0 Å². The van der Waals surface area contributed by atoms with Gasteiger partial charge >= 0.3 is 0 Å². The minimum atomic E-state index is 0.977. The molecule has 0 heterocycles. The van der Waals surface area contributed by atoms with Crippen molar-refractivity contribution >= 4 is 5.71 Å². The zero-order valence-electron chi connectivity index (χ0n) is 12.0. The van der Waals surface area contributed by atoms with Crippen LogP contribution in [0.3, 0.4) is 0 Å². The minimum absolute atomic E-state index is 0.977. The third-order valence-corrected chi connectivity index (χ3v) is 2.98. The van der Waals surface area contributed by atoms with E-state index in [0.717, 1.165) is 11.3 Å². The molecule has 0 spiro atoms. The molecule has 0 fully saturated rings. The van der Waals surface area contributed by atoms with E-state index in [9.17, 15) is 0 Å². The Bertz CT molecular complexity index is 617. The molecule has 1 heteroatoms. The molecule has 0 atom stereocenters. The summed E-state index contributed by atoms with van der Waals surface area (Å²) in [5, 5.41) is 0. The van der Waals surface area contributed by atoms with Crippen molar-refractivity contribution in [2.45, 2.75) is 13.8 Å². The van der Waals surface area contributed by atoms with Gasteiger partial charge in [0.1, 0.15) is 0 Å². The molecular formula is C19H19N. The zero-order chi connectivity index (χ0) is 14.2. The molecule has 2 rings (SSSR count). The Morgan fingerprint density at radius 3 is 2.05 bits per heavy atom. The van der Waals surface area contributed by atoms with Gasteiger partial charge in [-0.05, 0) is 31.1 Å². The number of benzene rings is 2. The van der Waals surface area contributed by atoms with E-state index in [1.807, 2.05) is 44.3 Å². The number of allylic oxidation sites excluding steroid dienone is 3. The van der Waals surface area contributed by atoms with Gasteiger partial charge in [0.05, 0.1) is 5.71 Å². The fraction of sp³-hybridized carbons (Fsp3) is 0.105. The molecule has 0 saturated carbocycles. The molecule has 0 aliphatic heterocycles. The first-order valence-electron chi connectivity index (χ1n) is 6.82. The molecule has 20 heavy (non-hydrogen) atoms. The summed E-state index contributed by atoms with van der Waals surface area (Å²) < 4.78 is 0. The van der Waals surface area contributed by atoms with E-state index in [-0.39, 0.29) is 0 Å². The molecule has 0 amide bonds. The van der Waals surface area contributed by atoms with Crippen LogP contribution in [0.2, 0.25) is 0 Å². The van der Waals surface area contributed by atoms with Crippen molar-refractivity contribution < 1.29 is 0 Å². The van der Waals surface area contributed by atoms with Gasteiger partial charge in [0, 0.05) is 11.8 Å². The normalized spacial score (nSPS) is 12.4. The van der Waals surface area contributed by atoms with Crippen LogP contribution in [0.4, 0.5) is 0 Å². The quantitative estimate of drug-likeness (QED) is 0.666. The van der Waals surface area contributed by atoms with Crippen molar-refractivity contribution in [3.05, 3.63) is 84.6 Å². The van der Waals surface area contributed by atoms with Crippen LogP contribution in [0.25, 0.3) is 11.1 Å². The largest absolute Gasteiger partial charge is 0.257 e. The van der Waals surface area contributed by atoms with Crippen LogP contribution in [-0.4, -0.2) is 5.71 Å². The van der Waals surface area contributed by atoms with Crippen molar-refractivity contribution in [3.8, 4) is 11.1 Å². The zero-order valence-corrected chi connectivity index (χ0v) is 12.0. The predicted octanol–water partition coefficient (Wildman–Crippen LogP) is 5.25. The molecule has 0 aliphatic rings. The maximum absolute atomic E-state index is 4.45. The Morgan fingerprint density at radius 2 is 1.45 bits per heavy atom. The van der Waals surface area contributed by atoms with Crippen LogP contribution in [0.1, 0.15) is 19.4 Å². The number of hydrogen-bond acceptors (Lipinski definition) is 1. The highest BCUT2D eigenvalue weighted by Crippen LogP contribution is 2.19. The molecule has 0 aromatic heterocycles. The third-order valence-electron chi connectivity index (χ3n) is 2.98. The Morgan fingerprint density at radius 1 is 0.800 bits per heavy atom. The van der Waals surface area contributed by atoms with E-state index >= 15 is 0 Å². The van der Waals surface area contributed by atoms with E-state index < -0.39 is 0 Å². The molecule has 0 aliphatic carbocycles. The van der Waals surface area contributed by atoms with E-state index in [1.54, 1.807) is 0 Å². The second-order valence-corrected chi connectivity index (χ2v) is 4.44. The summed E-state index contributed by atoms with van der Waals surface area (Å²) in [6.45, 7) is 3.97. The summed E-state index contributed by atoms with van der Waals surface area (Å²) in [5.41, 5.74) is 4.56. The van der Waals surface area contributed by atoms with Crippen LogP contribution in [-0.2, 0) is 0 Å². The third kappa shape index (κ3) is 3.55. The fourth-order valence-electron chi connectivity index (χ4n) is 1.99.